The van der Waals surface area contributed by atoms with E-state index in [-0.39, 0.29) is 11.5 Å². The summed E-state index contributed by atoms with van der Waals surface area (Å²) in [6.07, 6.45) is 2.08. The van der Waals surface area contributed by atoms with Crippen LogP contribution in [0.3, 0.4) is 0 Å². The molecule has 0 saturated carbocycles. The SMILES string of the molecule is COc1ccc(CC(=O)N(CCCc2ccccc2)Cc2ccc(-c3ccccc3C(=O)O)cc2)cc1. The Kier molecular flexibility index (Phi) is 8.71. The van der Waals surface area contributed by atoms with Gasteiger partial charge in [-0.25, -0.2) is 4.79 Å². The highest BCUT2D eigenvalue weighted by Gasteiger charge is 2.16. The normalized spacial score (nSPS) is 10.6. The monoisotopic (exact) mass is 493 g/mol. The molecule has 4 rings (SSSR count). The molecule has 1 amide bonds. The lowest BCUT2D eigenvalue weighted by atomic mass is 9.98. The van der Waals surface area contributed by atoms with Gasteiger partial charge < -0.3 is 14.7 Å². The highest BCUT2D eigenvalue weighted by atomic mass is 16.5. The number of methoxy groups -OCH3 is 1. The maximum absolute atomic E-state index is 13.4. The second kappa shape index (κ2) is 12.5. The minimum atomic E-state index is -0.951. The van der Waals surface area contributed by atoms with Crippen LogP contribution in [0.4, 0.5) is 0 Å². The van der Waals surface area contributed by atoms with Crippen molar-refractivity contribution in [1.82, 2.24) is 4.90 Å². The predicted molar refractivity (Wildman–Crippen MR) is 146 cm³/mol. The van der Waals surface area contributed by atoms with Gasteiger partial charge in [-0.05, 0) is 58.9 Å². The summed E-state index contributed by atoms with van der Waals surface area (Å²) in [6, 6.07) is 32.7. The van der Waals surface area contributed by atoms with Crippen LogP contribution in [0.25, 0.3) is 11.1 Å². The molecule has 4 aromatic carbocycles. The van der Waals surface area contributed by atoms with Gasteiger partial charge in [0, 0.05) is 13.1 Å². The van der Waals surface area contributed by atoms with Gasteiger partial charge in [-0.3, -0.25) is 4.79 Å². The third-order valence-electron chi connectivity index (χ3n) is 6.40. The lowest BCUT2D eigenvalue weighted by Gasteiger charge is -2.23. The molecule has 1 N–H and O–H groups in total. The number of benzene rings is 4. The van der Waals surface area contributed by atoms with E-state index in [4.69, 9.17) is 4.74 Å². The number of ether oxygens (including phenoxy) is 1. The third-order valence-corrected chi connectivity index (χ3v) is 6.40. The number of nitrogens with zero attached hydrogens (tertiary/aromatic N) is 1. The van der Waals surface area contributed by atoms with Crippen LogP contribution < -0.4 is 4.74 Å². The zero-order valence-corrected chi connectivity index (χ0v) is 21.0. The van der Waals surface area contributed by atoms with E-state index in [1.165, 1.54) is 5.56 Å². The molecule has 37 heavy (non-hydrogen) atoms. The molecule has 0 spiro atoms. The van der Waals surface area contributed by atoms with E-state index in [0.29, 0.717) is 25.1 Å². The molecule has 0 aliphatic rings. The van der Waals surface area contributed by atoms with Crippen molar-refractivity contribution in [2.75, 3.05) is 13.7 Å². The van der Waals surface area contributed by atoms with Crippen LogP contribution in [0.15, 0.2) is 103 Å². The highest BCUT2D eigenvalue weighted by Crippen LogP contribution is 2.25. The summed E-state index contributed by atoms with van der Waals surface area (Å²) < 4.78 is 5.23. The fourth-order valence-corrected chi connectivity index (χ4v) is 4.37. The molecule has 0 atom stereocenters. The number of hydrogen-bond donors (Lipinski definition) is 1. The smallest absolute Gasteiger partial charge is 0.336 e. The van der Waals surface area contributed by atoms with E-state index >= 15 is 0 Å². The van der Waals surface area contributed by atoms with Crippen LogP contribution in [0.5, 0.6) is 5.75 Å². The van der Waals surface area contributed by atoms with Crippen molar-refractivity contribution in [2.45, 2.75) is 25.8 Å². The molecule has 0 heterocycles. The predicted octanol–water partition coefficient (Wildman–Crippen LogP) is 6.26. The Morgan fingerprint density at radius 3 is 2.08 bits per heavy atom. The fourth-order valence-electron chi connectivity index (χ4n) is 4.37. The van der Waals surface area contributed by atoms with E-state index < -0.39 is 5.97 Å². The van der Waals surface area contributed by atoms with Crippen LogP contribution in [0, 0.1) is 0 Å². The minimum absolute atomic E-state index is 0.0681. The van der Waals surface area contributed by atoms with Gasteiger partial charge in [0.1, 0.15) is 5.75 Å². The van der Waals surface area contributed by atoms with Gasteiger partial charge in [0.05, 0.1) is 19.1 Å². The molecule has 188 valence electrons. The van der Waals surface area contributed by atoms with E-state index in [1.807, 2.05) is 83.8 Å². The van der Waals surface area contributed by atoms with Gasteiger partial charge in [0.25, 0.3) is 0 Å². The van der Waals surface area contributed by atoms with Crippen molar-refractivity contribution >= 4 is 11.9 Å². The first-order chi connectivity index (χ1) is 18.0. The van der Waals surface area contributed by atoms with E-state index in [1.54, 1.807) is 19.2 Å². The number of aryl methyl sites for hydroxylation is 1. The van der Waals surface area contributed by atoms with E-state index in [2.05, 4.69) is 12.1 Å². The van der Waals surface area contributed by atoms with Gasteiger partial charge in [-0.15, -0.1) is 0 Å². The molecule has 0 aromatic heterocycles. The minimum Gasteiger partial charge on any atom is -0.497 e. The molecular weight excluding hydrogens is 462 g/mol. The maximum atomic E-state index is 13.4. The topological polar surface area (TPSA) is 66.8 Å². The summed E-state index contributed by atoms with van der Waals surface area (Å²) in [6.45, 7) is 1.14. The molecular formula is C32H31NO4. The van der Waals surface area contributed by atoms with Gasteiger partial charge >= 0.3 is 5.97 Å². The number of aromatic carboxylic acids is 1. The van der Waals surface area contributed by atoms with Crippen LogP contribution >= 0.6 is 0 Å². The van der Waals surface area contributed by atoms with Gasteiger partial charge in [0.15, 0.2) is 0 Å². The zero-order valence-electron chi connectivity index (χ0n) is 21.0. The molecule has 0 fully saturated rings. The zero-order chi connectivity index (χ0) is 26.0. The lowest BCUT2D eigenvalue weighted by molar-refractivity contribution is -0.131. The standard InChI is InChI=1S/C32H31NO4/c1-37-28-19-15-25(16-20-28)22-31(34)33(21-7-10-24-8-3-2-4-9-24)23-26-13-17-27(18-14-26)29-11-5-6-12-30(29)32(35)36/h2-6,8-9,11-20H,7,10,21-23H2,1H3,(H,35,36). The molecule has 5 nitrogen and oxygen atoms in total. The Balaban J connectivity index is 1.48. The number of carbonyl (C=O) groups is 2. The van der Waals surface area contributed by atoms with Gasteiger partial charge in [0.2, 0.25) is 5.91 Å². The van der Waals surface area contributed by atoms with Crippen molar-refractivity contribution in [3.63, 3.8) is 0 Å². The summed E-state index contributed by atoms with van der Waals surface area (Å²) in [5, 5.41) is 9.53. The number of carboxylic acid groups (broad SMARTS) is 1. The van der Waals surface area contributed by atoms with Crippen LogP contribution in [-0.4, -0.2) is 35.5 Å². The van der Waals surface area contributed by atoms with E-state index in [9.17, 15) is 14.7 Å². The largest absolute Gasteiger partial charge is 0.497 e. The number of hydrogen-bond acceptors (Lipinski definition) is 3. The fraction of sp³-hybridized carbons (Fsp3) is 0.188. The van der Waals surface area contributed by atoms with Gasteiger partial charge in [-0.2, -0.15) is 0 Å². The molecule has 0 aliphatic heterocycles. The molecule has 0 saturated heterocycles. The average Bonchev–Trinajstić information content (AvgIpc) is 2.94. The third kappa shape index (κ3) is 7.07. The van der Waals surface area contributed by atoms with Crippen LogP contribution in [-0.2, 0) is 24.2 Å². The van der Waals surface area contributed by atoms with Crippen molar-refractivity contribution in [1.29, 1.82) is 0 Å². The van der Waals surface area contributed by atoms with Crippen LogP contribution in [0.1, 0.15) is 33.5 Å². The first-order valence-electron chi connectivity index (χ1n) is 12.4. The molecule has 4 aromatic rings. The quantitative estimate of drug-likeness (QED) is 0.268. The summed E-state index contributed by atoms with van der Waals surface area (Å²) >= 11 is 0. The maximum Gasteiger partial charge on any atom is 0.336 e. The summed E-state index contributed by atoms with van der Waals surface area (Å²) in [7, 11) is 1.63. The van der Waals surface area contributed by atoms with Crippen LogP contribution in [0.2, 0.25) is 0 Å². The molecule has 0 bridgehead atoms. The summed E-state index contributed by atoms with van der Waals surface area (Å²) in [5.74, 6) is -0.118. The van der Waals surface area contributed by atoms with Crippen molar-refractivity contribution in [3.05, 3.63) is 125 Å². The first kappa shape index (κ1) is 25.7. The Morgan fingerprint density at radius 2 is 1.41 bits per heavy atom. The number of rotatable bonds is 11. The average molecular weight is 494 g/mol. The molecule has 5 heteroatoms. The lowest BCUT2D eigenvalue weighted by Crippen LogP contribution is -2.33. The molecule has 0 aliphatic carbocycles. The van der Waals surface area contributed by atoms with Crippen molar-refractivity contribution in [2.24, 2.45) is 0 Å². The second-order valence-electron chi connectivity index (χ2n) is 8.98. The van der Waals surface area contributed by atoms with Gasteiger partial charge in [-0.1, -0.05) is 84.9 Å². The Hall–Kier alpha value is -4.38. The number of amides is 1. The highest BCUT2D eigenvalue weighted by molar-refractivity contribution is 5.96. The Morgan fingerprint density at radius 1 is 0.757 bits per heavy atom. The van der Waals surface area contributed by atoms with Crippen molar-refractivity contribution in [3.8, 4) is 16.9 Å². The first-order valence-corrected chi connectivity index (χ1v) is 12.4. The Labute approximate surface area is 218 Å². The Bertz CT molecular complexity index is 1320. The van der Waals surface area contributed by atoms with E-state index in [0.717, 1.165) is 35.3 Å². The van der Waals surface area contributed by atoms with Crippen molar-refractivity contribution < 1.29 is 19.4 Å². The summed E-state index contributed by atoms with van der Waals surface area (Å²) in [5.41, 5.74) is 4.98. The number of carboxylic acids is 1. The molecule has 0 unspecified atom stereocenters. The second-order valence-corrected chi connectivity index (χ2v) is 8.98. The molecule has 0 radical (unpaired) electrons. The summed E-state index contributed by atoms with van der Waals surface area (Å²) in [4.78, 5) is 26.9. The number of carbonyl (C=O) groups excluding carboxylic acids is 1.